The number of para-hydroxylation sites is 4. The minimum atomic E-state index is 0.444. The second-order valence-corrected chi connectivity index (χ2v) is 16.2. The number of rotatable bonds is 8. The Balaban J connectivity index is 1.06. The summed E-state index contributed by atoms with van der Waals surface area (Å²) in [5.41, 5.74) is 21.4. The number of amidine groups is 1. The molecule has 5 nitrogen and oxygen atoms in total. The molecule has 0 unspecified atom stereocenters. The van der Waals surface area contributed by atoms with Crippen molar-refractivity contribution in [2.24, 2.45) is 10.7 Å². The van der Waals surface area contributed by atoms with E-state index in [4.69, 9.17) is 17.3 Å². The molecule has 0 aliphatic rings. The van der Waals surface area contributed by atoms with Crippen LogP contribution in [0.25, 0.3) is 99.3 Å². The van der Waals surface area contributed by atoms with Crippen LogP contribution < -0.4 is 5.73 Å². The van der Waals surface area contributed by atoms with Crippen LogP contribution in [-0.2, 0) is 0 Å². The zero-order valence-electron chi connectivity index (χ0n) is 34.9. The predicted molar refractivity (Wildman–Crippen MR) is 270 cm³/mol. The van der Waals surface area contributed by atoms with Gasteiger partial charge in [0.15, 0.2) is 0 Å². The SMILES string of the molecule is C=C(/C=C(\N=C(/N)c1ccccc1)c1ccccc1)n1c2ccccc2c2c(-c3cccc4c3c3ccccc3n4-c3ccc4c(c3)c3ccccc3n4-c3ccccc3)cccc21. The minimum Gasteiger partial charge on any atom is -0.383 e. The molecular weight excluding hydrogens is 779 g/mol. The fourth-order valence-corrected chi connectivity index (χ4v) is 9.85. The maximum atomic E-state index is 6.66. The monoisotopic (exact) mass is 819 g/mol. The van der Waals surface area contributed by atoms with Crippen molar-refractivity contribution < 1.29 is 0 Å². The number of nitrogens with zero attached hydrogens (tertiary/aromatic N) is 4. The third kappa shape index (κ3) is 5.90. The van der Waals surface area contributed by atoms with Gasteiger partial charge in [-0.2, -0.15) is 0 Å². The van der Waals surface area contributed by atoms with Crippen LogP contribution in [0.5, 0.6) is 0 Å². The van der Waals surface area contributed by atoms with Crippen molar-refractivity contribution in [2.75, 3.05) is 0 Å². The van der Waals surface area contributed by atoms with Crippen molar-refractivity contribution in [3.05, 3.63) is 242 Å². The van der Waals surface area contributed by atoms with Crippen molar-refractivity contribution in [2.45, 2.75) is 0 Å². The molecule has 302 valence electrons. The third-order valence-electron chi connectivity index (χ3n) is 12.6. The molecule has 0 aliphatic heterocycles. The molecule has 0 spiro atoms. The van der Waals surface area contributed by atoms with E-state index in [0.29, 0.717) is 5.84 Å². The van der Waals surface area contributed by atoms with E-state index >= 15 is 0 Å². The van der Waals surface area contributed by atoms with Gasteiger partial charge in [0, 0.05) is 60.5 Å². The maximum absolute atomic E-state index is 6.66. The third-order valence-corrected chi connectivity index (χ3v) is 12.6. The number of hydrogen-bond acceptors (Lipinski definition) is 1. The Morgan fingerprint density at radius 2 is 0.891 bits per heavy atom. The molecule has 2 N–H and O–H groups in total. The summed E-state index contributed by atoms with van der Waals surface area (Å²) in [5.74, 6) is 0.444. The van der Waals surface area contributed by atoms with E-state index in [0.717, 1.165) is 66.9 Å². The number of hydrogen-bond donors (Lipinski definition) is 1. The standard InChI is InChI=1S/C59H41N5/c1-39(37-50(40-19-5-2-6-20-40)61-59(60)41-21-7-3-8-22-41)62-52-31-15-12-26-47(52)57-45(28-17-33-55(57)62)46-29-18-34-56-58(46)48-27-13-16-32-53(48)64(56)43-35-36-54-49(38-43)44-25-11-14-30-51(44)63(54)42-23-9-4-10-24-42/h2-38H,1H2,(H2,60,61)/b50-37-. The van der Waals surface area contributed by atoms with Gasteiger partial charge in [-0.3, -0.25) is 0 Å². The highest BCUT2D eigenvalue weighted by Crippen LogP contribution is 2.44. The lowest BCUT2D eigenvalue weighted by Gasteiger charge is -2.12. The molecule has 0 amide bonds. The second kappa shape index (κ2) is 15.0. The fourth-order valence-electron chi connectivity index (χ4n) is 9.85. The highest BCUT2D eigenvalue weighted by atomic mass is 15.0. The first kappa shape index (κ1) is 37.1. The van der Waals surface area contributed by atoms with Crippen LogP contribution in [0.1, 0.15) is 11.1 Å². The summed E-state index contributed by atoms with van der Waals surface area (Å²) in [6.45, 7) is 4.70. The predicted octanol–water partition coefficient (Wildman–Crippen LogP) is 14.6. The molecule has 0 saturated carbocycles. The number of aromatic nitrogens is 3. The maximum Gasteiger partial charge on any atom is 0.131 e. The normalized spacial score (nSPS) is 12.4. The molecular formula is C59H41N5. The van der Waals surface area contributed by atoms with Gasteiger partial charge in [-0.15, -0.1) is 0 Å². The van der Waals surface area contributed by atoms with Crippen LogP contribution in [0.15, 0.2) is 236 Å². The van der Waals surface area contributed by atoms with Gasteiger partial charge in [-0.05, 0) is 77.9 Å². The molecule has 0 atom stereocenters. The number of fused-ring (bicyclic) bond motifs is 9. The van der Waals surface area contributed by atoms with E-state index in [1.807, 2.05) is 54.6 Å². The molecule has 0 saturated heterocycles. The van der Waals surface area contributed by atoms with E-state index in [2.05, 4.69) is 184 Å². The lowest BCUT2D eigenvalue weighted by Crippen LogP contribution is -2.13. The van der Waals surface area contributed by atoms with Crippen LogP contribution in [0, 0.1) is 0 Å². The lowest BCUT2D eigenvalue weighted by molar-refractivity contribution is 1.17. The van der Waals surface area contributed by atoms with Crippen molar-refractivity contribution in [3.8, 4) is 22.5 Å². The van der Waals surface area contributed by atoms with Gasteiger partial charge in [0.25, 0.3) is 0 Å². The Bertz CT molecular complexity index is 3850. The van der Waals surface area contributed by atoms with Crippen molar-refractivity contribution in [1.29, 1.82) is 0 Å². The summed E-state index contributed by atoms with van der Waals surface area (Å²) in [5, 5.41) is 7.18. The summed E-state index contributed by atoms with van der Waals surface area (Å²) in [6.07, 6.45) is 2.05. The average Bonchev–Trinajstić information content (AvgIpc) is 4.00. The Kier molecular flexibility index (Phi) is 8.73. The summed E-state index contributed by atoms with van der Waals surface area (Å²) in [4.78, 5) is 5.01. The first-order valence-corrected chi connectivity index (χ1v) is 21.6. The highest BCUT2D eigenvalue weighted by Gasteiger charge is 2.22. The van der Waals surface area contributed by atoms with Crippen molar-refractivity contribution in [3.63, 3.8) is 0 Å². The number of benzene rings is 9. The zero-order valence-corrected chi connectivity index (χ0v) is 34.9. The molecule has 3 heterocycles. The first-order chi connectivity index (χ1) is 31.6. The van der Waals surface area contributed by atoms with Gasteiger partial charge in [0.2, 0.25) is 0 Å². The van der Waals surface area contributed by atoms with Gasteiger partial charge in [-0.25, -0.2) is 4.99 Å². The molecule has 12 aromatic rings. The van der Waals surface area contributed by atoms with E-state index in [9.17, 15) is 0 Å². The molecule has 0 radical (unpaired) electrons. The quantitative estimate of drug-likeness (QED) is 0.0927. The average molecular weight is 820 g/mol. The van der Waals surface area contributed by atoms with Crippen LogP contribution >= 0.6 is 0 Å². The van der Waals surface area contributed by atoms with E-state index in [-0.39, 0.29) is 0 Å². The van der Waals surface area contributed by atoms with Crippen LogP contribution in [-0.4, -0.2) is 19.5 Å². The number of aliphatic imine (C=N–C) groups is 1. The molecule has 3 aromatic heterocycles. The largest absolute Gasteiger partial charge is 0.383 e. The minimum absolute atomic E-state index is 0.444. The molecule has 0 bridgehead atoms. The summed E-state index contributed by atoms with van der Waals surface area (Å²) in [7, 11) is 0. The topological polar surface area (TPSA) is 53.2 Å². The Hall–Kier alpha value is -8.67. The van der Waals surface area contributed by atoms with Gasteiger partial charge in [-0.1, -0.05) is 164 Å². The Morgan fingerprint density at radius 1 is 0.406 bits per heavy atom. The molecule has 0 aliphatic carbocycles. The fraction of sp³-hybridized carbons (Fsp3) is 0. The van der Waals surface area contributed by atoms with Crippen LogP contribution in [0.3, 0.4) is 0 Å². The van der Waals surface area contributed by atoms with Gasteiger partial charge in [0.05, 0.1) is 38.8 Å². The first-order valence-electron chi connectivity index (χ1n) is 21.6. The smallest absolute Gasteiger partial charge is 0.131 e. The summed E-state index contributed by atoms with van der Waals surface area (Å²) in [6, 6.07) is 77.1. The zero-order chi connectivity index (χ0) is 42.7. The second-order valence-electron chi connectivity index (χ2n) is 16.2. The van der Waals surface area contributed by atoms with Crippen LogP contribution in [0.4, 0.5) is 0 Å². The molecule has 9 aromatic carbocycles. The Labute approximate surface area is 370 Å². The van der Waals surface area contributed by atoms with Crippen LogP contribution in [0.2, 0.25) is 0 Å². The van der Waals surface area contributed by atoms with E-state index in [1.54, 1.807) is 0 Å². The van der Waals surface area contributed by atoms with Crippen molar-refractivity contribution in [1.82, 2.24) is 13.7 Å². The van der Waals surface area contributed by atoms with E-state index < -0.39 is 0 Å². The highest BCUT2D eigenvalue weighted by molar-refractivity contribution is 6.23. The summed E-state index contributed by atoms with van der Waals surface area (Å²) >= 11 is 0. The van der Waals surface area contributed by atoms with E-state index in [1.165, 1.54) is 43.5 Å². The van der Waals surface area contributed by atoms with Gasteiger partial charge < -0.3 is 19.4 Å². The molecule has 5 heteroatoms. The molecule has 12 rings (SSSR count). The van der Waals surface area contributed by atoms with Gasteiger partial charge in [0.1, 0.15) is 5.84 Å². The molecule has 64 heavy (non-hydrogen) atoms. The van der Waals surface area contributed by atoms with Crippen molar-refractivity contribution >= 4 is 82.6 Å². The summed E-state index contributed by atoms with van der Waals surface area (Å²) < 4.78 is 7.07. The number of nitrogens with two attached hydrogens (primary N) is 1. The lowest BCUT2D eigenvalue weighted by atomic mass is 9.95. The Morgan fingerprint density at radius 3 is 1.58 bits per heavy atom. The molecule has 0 fully saturated rings. The van der Waals surface area contributed by atoms with Gasteiger partial charge >= 0.3 is 0 Å². The number of allylic oxidation sites excluding steroid dienone is 2.